The summed E-state index contributed by atoms with van der Waals surface area (Å²) in [5, 5.41) is 5.28. The van der Waals surface area contributed by atoms with Crippen molar-refractivity contribution in [1.29, 1.82) is 0 Å². The first kappa shape index (κ1) is 17.1. The average molecular weight is 319 g/mol. The average Bonchev–Trinajstić information content (AvgIpc) is 3.04. The van der Waals surface area contributed by atoms with Crippen molar-refractivity contribution in [1.82, 2.24) is 15.6 Å². The zero-order valence-corrected chi connectivity index (χ0v) is 13.7. The van der Waals surface area contributed by atoms with Gasteiger partial charge in [0, 0.05) is 25.8 Å². The highest BCUT2D eigenvalue weighted by molar-refractivity contribution is 5.86. The summed E-state index contributed by atoms with van der Waals surface area (Å²) in [6, 6.07) is 2.61. The van der Waals surface area contributed by atoms with Gasteiger partial charge in [-0.15, -0.1) is 0 Å². The van der Waals surface area contributed by atoms with Crippen molar-refractivity contribution in [3.8, 4) is 0 Å². The minimum atomic E-state index is -0.699. The lowest BCUT2D eigenvalue weighted by Crippen LogP contribution is -2.51. The molecule has 1 atom stereocenters. The van der Waals surface area contributed by atoms with E-state index in [2.05, 4.69) is 20.5 Å². The highest BCUT2D eigenvalue weighted by Gasteiger charge is 2.23. The van der Waals surface area contributed by atoms with E-state index in [4.69, 9.17) is 5.73 Å². The third kappa shape index (κ3) is 4.84. The molecule has 1 aliphatic heterocycles. The van der Waals surface area contributed by atoms with Crippen molar-refractivity contribution in [3.63, 3.8) is 0 Å². The molecule has 1 aromatic heterocycles. The number of nitrogens with two attached hydrogens (primary N) is 1. The van der Waals surface area contributed by atoms with Crippen LogP contribution in [-0.2, 0) is 11.3 Å². The number of aromatic nitrogens is 1. The van der Waals surface area contributed by atoms with Gasteiger partial charge >= 0.3 is 6.03 Å². The molecule has 2 heterocycles. The molecule has 0 unspecified atom stereocenters. The Morgan fingerprint density at radius 3 is 2.52 bits per heavy atom. The number of pyridine rings is 1. The number of carbonyl (C=O) groups excluding carboxylic acids is 2. The number of nitrogens with zero attached hydrogens (tertiary/aromatic N) is 2. The maximum absolute atomic E-state index is 12.2. The lowest BCUT2D eigenvalue weighted by atomic mass is 10.0. The molecule has 1 aliphatic rings. The number of primary amides is 1. The van der Waals surface area contributed by atoms with Crippen LogP contribution in [0.5, 0.6) is 0 Å². The molecule has 0 aliphatic carbocycles. The molecule has 7 heteroatoms. The second-order valence-electron chi connectivity index (χ2n) is 6.17. The van der Waals surface area contributed by atoms with E-state index in [9.17, 15) is 9.59 Å². The highest BCUT2D eigenvalue weighted by Crippen LogP contribution is 2.17. The van der Waals surface area contributed by atoms with Crippen molar-refractivity contribution in [3.05, 3.63) is 23.9 Å². The first-order valence-electron chi connectivity index (χ1n) is 8.01. The molecular weight excluding hydrogens is 294 g/mol. The van der Waals surface area contributed by atoms with Crippen LogP contribution in [0.15, 0.2) is 18.3 Å². The Bertz CT molecular complexity index is 538. The summed E-state index contributed by atoms with van der Waals surface area (Å²) < 4.78 is 0. The Morgan fingerprint density at radius 1 is 1.30 bits per heavy atom. The quantitative estimate of drug-likeness (QED) is 0.728. The van der Waals surface area contributed by atoms with Gasteiger partial charge in [0.1, 0.15) is 11.9 Å². The summed E-state index contributed by atoms with van der Waals surface area (Å²) in [5.74, 6) is 0.689. The summed E-state index contributed by atoms with van der Waals surface area (Å²) in [6.07, 6.45) is 4.20. The largest absolute Gasteiger partial charge is 0.357 e. The summed E-state index contributed by atoms with van der Waals surface area (Å²) in [5.41, 5.74) is 6.03. The van der Waals surface area contributed by atoms with Gasteiger partial charge in [-0.2, -0.15) is 0 Å². The predicted molar refractivity (Wildman–Crippen MR) is 88.9 cm³/mol. The maximum Gasteiger partial charge on any atom is 0.312 e. The number of nitrogens with one attached hydrogen (secondary N) is 2. The topological polar surface area (TPSA) is 100 Å². The van der Waals surface area contributed by atoms with E-state index in [1.807, 2.05) is 26.0 Å². The zero-order valence-electron chi connectivity index (χ0n) is 13.7. The molecule has 4 N–H and O–H groups in total. The van der Waals surface area contributed by atoms with E-state index >= 15 is 0 Å². The Kier molecular flexibility index (Phi) is 5.78. The number of amides is 3. The van der Waals surface area contributed by atoms with Crippen molar-refractivity contribution >= 4 is 17.8 Å². The Hall–Kier alpha value is -2.31. The monoisotopic (exact) mass is 319 g/mol. The van der Waals surface area contributed by atoms with E-state index in [1.54, 1.807) is 6.20 Å². The van der Waals surface area contributed by atoms with Crippen molar-refractivity contribution in [2.45, 2.75) is 39.3 Å². The third-order valence-corrected chi connectivity index (χ3v) is 3.95. The Balaban J connectivity index is 1.89. The molecule has 3 amide bonds. The van der Waals surface area contributed by atoms with Crippen LogP contribution in [0.3, 0.4) is 0 Å². The smallest absolute Gasteiger partial charge is 0.312 e. The molecule has 7 nitrogen and oxygen atoms in total. The normalized spacial score (nSPS) is 15.5. The summed E-state index contributed by atoms with van der Waals surface area (Å²) in [4.78, 5) is 29.8. The molecule has 1 fully saturated rings. The first-order valence-corrected chi connectivity index (χ1v) is 8.01. The van der Waals surface area contributed by atoms with Gasteiger partial charge < -0.3 is 21.3 Å². The van der Waals surface area contributed by atoms with Crippen LogP contribution in [0.4, 0.5) is 10.6 Å². The molecule has 126 valence electrons. The van der Waals surface area contributed by atoms with Crippen LogP contribution in [-0.4, -0.2) is 36.1 Å². The molecule has 23 heavy (non-hydrogen) atoms. The van der Waals surface area contributed by atoms with E-state index in [0.29, 0.717) is 6.54 Å². The Labute approximate surface area is 136 Å². The maximum atomic E-state index is 12.2. The van der Waals surface area contributed by atoms with Gasteiger partial charge in [0.15, 0.2) is 0 Å². The van der Waals surface area contributed by atoms with Crippen LogP contribution in [0.2, 0.25) is 0 Å². The van der Waals surface area contributed by atoms with Gasteiger partial charge in [-0.05, 0) is 30.4 Å². The molecular formula is C16H25N5O2. The molecule has 0 spiro atoms. The third-order valence-electron chi connectivity index (χ3n) is 3.95. The molecule has 0 saturated carbocycles. The number of rotatable bonds is 6. The summed E-state index contributed by atoms with van der Waals surface area (Å²) in [7, 11) is 0. The number of hydrogen-bond acceptors (Lipinski definition) is 4. The second-order valence-corrected chi connectivity index (χ2v) is 6.17. The first-order chi connectivity index (χ1) is 11.0. The standard InChI is InChI=1S/C16H25N5O2/c1-11(2)14(20-16(17)23)15(22)19-10-12-5-6-13(18-9-12)21-7-3-4-8-21/h5-6,9,11,14H,3-4,7-8,10H2,1-2H3,(H,19,22)(H3,17,20,23)/t14-/m1/s1. The van der Waals surface area contributed by atoms with Gasteiger partial charge in [-0.25, -0.2) is 9.78 Å². The van der Waals surface area contributed by atoms with Gasteiger partial charge in [0.2, 0.25) is 5.91 Å². The fourth-order valence-corrected chi connectivity index (χ4v) is 2.64. The van der Waals surface area contributed by atoms with Crippen LogP contribution in [0.1, 0.15) is 32.3 Å². The van der Waals surface area contributed by atoms with Crippen molar-refractivity contribution < 1.29 is 9.59 Å². The number of anilines is 1. The van der Waals surface area contributed by atoms with Gasteiger partial charge in [0.25, 0.3) is 0 Å². The Morgan fingerprint density at radius 2 is 2.00 bits per heavy atom. The lowest BCUT2D eigenvalue weighted by molar-refractivity contribution is -0.124. The van der Waals surface area contributed by atoms with E-state index in [0.717, 1.165) is 24.5 Å². The summed E-state index contributed by atoms with van der Waals surface area (Å²) in [6.45, 7) is 6.19. The highest BCUT2D eigenvalue weighted by atomic mass is 16.2. The van der Waals surface area contributed by atoms with Crippen molar-refractivity contribution in [2.24, 2.45) is 11.7 Å². The fraction of sp³-hybridized carbons (Fsp3) is 0.562. The molecule has 0 aromatic carbocycles. The lowest BCUT2D eigenvalue weighted by Gasteiger charge is -2.20. The fourth-order valence-electron chi connectivity index (χ4n) is 2.64. The molecule has 1 aromatic rings. The van der Waals surface area contributed by atoms with E-state index in [1.165, 1.54) is 12.8 Å². The zero-order chi connectivity index (χ0) is 16.8. The van der Waals surface area contributed by atoms with Crippen molar-refractivity contribution in [2.75, 3.05) is 18.0 Å². The van der Waals surface area contributed by atoms with Gasteiger partial charge in [-0.3, -0.25) is 4.79 Å². The van der Waals surface area contributed by atoms with Crippen LogP contribution >= 0.6 is 0 Å². The number of carbonyl (C=O) groups is 2. The van der Waals surface area contributed by atoms with Gasteiger partial charge in [0.05, 0.1) is 0 Å². The summed E-state index contributed by atoms with van der Waals surface area (Å²) >= 11 is 0. The second kappa shape index (κ2) is 7.80. The molecule has 1 saturated heterocycles. The van der Waals surface area contributed by atoms with Crippen LogP contribution < -0.4 is 21.3 Å². The minimum Gasteiger partial charge on any atom is -0.357 e. The number of hydrogen-bond donors (Lipinski definition) is 3. The molecule has 2 rings (SSSR count). The predicted octanol–water partition coefficient (Wildman–Crippen LogP) is 0.991. The SMILES string of the molecule is CC(C)[C@@H](NC(N)=O)C(=O)NCc1ccc(N2CCCC2)nc1. The van der Waals surface area contributed by atoms with Crippen LogP contribution in [0.25, 0.3) is 0 Å². The van der Waals surface area contributed by atoms with E-state index in [-0.39, 0.29) is 11.8 Å². The number of urea groups is 1. The molecule has 0 bridgehead atoms. The minimum absolute atomic E-state index is 0.0434. The molecule has 0 radical (unpaired) electrons. The van der Waals surface area contributed by atoms with Crippen LogP contribution in [0, 0.1) is 5.92 Å². The van der Waals surface area contributed by atoms with Gasteiger partial charge in [-0.1, -0.05) is 19.9 Å². The van der Waals surface area contributed by atoms with E-state index < -0.39 is 12.1 Å².